The maximum Gasteiger partial charge on any atom is 0.0780 e. The van der Waals surface area contributed by atoms with E-state index in [1.165, 1.54) is 88.3 Å². The van der Waals surface area contributed by atoms with Gasteiger partial charge in [0.15, 0.2) is 0 Å². The van der Waals surface area contributed by atoms with Gasteiger partial charge in [0.25, 0.3) is 0 Å². The Morgan fingerprint density at radius 3 is 1.46 bits per heavy atom. The maximum absolute atomic E-state index is 4.87. The number of hydrogen-bond acceptors (Lipinski definition) is 1. The molecule has 1 nitrogen and oxygen atoms in total. The maximum atomic E-state index is 4.87. The Labute approximate surface area is 319 Å². The minimum Gasteiger partial charge on any atom is -0.256 e. The van der Waals surface area contributed by atoms with Crippen molar-refractivity contribution < 1.29 is 0 Å². The van der Waals surface area contributed by atoms with Crippen LogP contribution >= 0.6 is 0 Å². The third kappa shape index (κ3) is 4.54. The fraction of sp³-hybridized carbons (Fsp3) is 0.189. The molecule has 0 bridgehead atoms. The molecule has 1 heterocycles. The standard InChI is InChI=1S/C53H45N/c1-5-52(6-2)47-16-12-11-15-42(47)43-26-23-38(32-48(43)52)39-24-27-45-44-25-22-37(31-49(44)53(7-3,8-4)50(45)33-39)34-17-19-36(20-18-34)51-46-28-21-35-13-9-10-14-40(35)41(46)29-30-54-51/h9-33H,5-8H2,1-4H3. The summed E-state index contributed by atoms with van der Waals surface area (Å²) in [5.74, 6) is 0. The molecule has 262 valence electrons. The minimum atomic E-state index is -0.0319. The van der Waals surface area contributed by atoms with Crippen molar-refractivity contribution in [2.75, 3.05) is 0 Å². The summed E-state index contributed by atoms with van der Waals surface area (Å²) < 4.78 is 0. The second kappa shape index (κ2) is 12.4. The first-order valence-corrected chi connectivity index (χ1v) is 19.9. The van der Waals surface area contributed by atoms with Crippen LogP contribution in [0.1, 0.15) is 75.6 Å². The molecular weight excluding hydrogens is 651 g/mol. The summed E-state index contributed by atoms with van der Waals surface area (Å²) in [7, 11) is 0. The Bertz CT molecular complexity index is 2760. The molecule has 0 saturated heterocycles. The Morgan fingerprint density at radius 1 is 0.370 bits per heavy atom. The summed E-state index contributed by atoms with van der Waals surface area (Å²) >= 11 is 0. The predicted molar refractivity (Wildman–Crippen MR) is 229 cm³/mol. The van der Waals surface area contributed by atoms with E-state index in [1.807, 2.05) is 6.20 Å². The molecule has 10 rings (SSSR count). The lowest BCUT2D eigenvalue weighted by Gasteiger charge is -2.31. The van der Waals surface area contributed by atoms with E-state index in [9.17, 15) is 0 Å². The third-order valence-electron chi connectivity index (χ3n) is 13.5. The summed E-state index contributed by atoms with van der Waals surface area (Å²) in [6, 6.07) is 55.1. The SMILES string of the molecule is CCC1(CC)c2ccccc2-c2ccc(-c3ccc4c(c3)C(CC)(CC)c3cc(-c5ccc(-c6nccc7c6ccc6ccccc67)cc5)ccc3-4)cc21. The smallest absolute Gasteiger partial charge is 0.0780 e. The largest absolute Gasteiger partial charge is 0.256 e. The monoisotopic (exact) mass is 695 g/mol. The van der Waals surface area contributed by atoms with Crippen molar-refractivity contribution in [1.29, 1.82) is 0 Å². The Kier molecular flexibility index (Phi) is 7.53. The van der Waals surface area contributed by atoms with Crippen LogP contribution in [0, 0.1) is 0 Å². The van der Waals surface area contributed by atoms with Gasteiger partial charge in [0.05, 0.1) is 5.69 Å². The molecule has 0 N–H and O–H groups in total. The fourth-order valence-electron chi connectivity index (χ4n) is 10.5. The van der Waals surface area contributed by atoms with Crippen molar-refractivity contribution in [1.82, 2.24) is 4.98 Å². The summed E-state index contributed by atoms with van der Waals surface area (Å²) in [6.07, 6.45) is 6.28. The van der Waals surface area contributed by atoms with Crippen molar-refractivity contribution >= 4 is 21.5 Å². The van der Waals surface area contributed by atoms with Gasteiger partial charge in [-0.1, -0.05) is 149 Å². The molecule has 0 amide bonds. The predicted octanol–water partition coefficient (Wildman–Crippen LogP) is 14.6. The molecular formula is C53H45N. The average Bonchev–Trinajstić information content (AvgIpc) is 3.69. The molecule has 7 aromatic carbocycles. The van der Waals surface area contributed by atoms with E-state index in [4.69, 9.17) is 4.98 Å². The van der Waals surface area contributed by atoms with Gasteiger partial charge in [-0.3, -0.25) is 4.98 Å². The van der Waals surface area contributed by atoms with E-state index >= 15 is 0 Å². The highest BCUT2D eigenvalue weighted by Crippen LogP contribution is 2.56. The van der Waals surface area contributed by atoms with Crippen LogP contribution in [-0.4, -0.2) is 4.98 Å². The van der Waals surface area contributed by atoms with Crippen LogP contribution < -0.4 is 0 Å². The van der Waals surface area contributed by atoms with Gasteiger partial charge in [-0.15, -0.1) is 0 Å². The lowest BCUT2D eigenvalue weighted by atomic mass is 9.72. The number of pyridine rings is 1. The molecule has 2 aliphatic carbocycles. The Hall–Kier alpha value is -5.79. The number of rotatable bonds is 7. The third-order valence-corrected chi connectivity index (χ3v) is 13.5. The van der Waals surface area contributed by atoms with Gasteiger partial charge in [0, 0.05) is 28.0 Å². The zero-order chi connectivity index (χ0) is 36.6. The second-order valence-electron chi connectivity index (χ2n) is 15.5. The van der Waals surface area contributed by atoms with E-state index in [1.54, 1.807) is 0 Å². The average molecular weight is 696 g/mol. The first-order chi connectivity index (χ1) is 26.5. The van der Waals surface area contributed by atoms with Crippen LogP contribution in [-0.2, 0) is 10.8 Å². The van der Waals surface area contributed by atoms with E-state index in [0.717, 1.165) is 36.9 Å². The highest BCUT2D eigenvalue weighted by molar-refractivity contribution is 6.11. The minimum absolute atomic E-state index is 0.0319. The molecule has 0 fully saturated rings. The molecule has 54 heavy (non-hydrogen) atoms. The number of fused-ring (bicyclic) bond motifs is 9. The molecule has 1 heteroatoms. The number of benzene rings is 7. The zero-order valence-electron chi connectivity index (χ0n) is 31.7. The molecule has 1 aromatic heterocycles. The Balaban J connectivity index is 1.02. The van der Waals surface area contributed by atoms with E-state index in [0.29, 0.717) is 0 Å². The van der Waals surface area contributed by atoms with E-state index < -0.39 is 0 Å². The first-order valence-electron chi connectivity index (χ1n) is 19.9. The molecule has 0 radical (unpaired) electrons. The lowest BCUT2D eigenvalue weighted by molar-refractivity contribution is 0.490. The summed E-state index contributed by atoms with van der Waals surface area (Å²) in [5.41, 5.74) is 18.9. The van der Waals surface area contributed by atoms with Crippen LogP contribution in [0.2, 0.25) is 0 Å². The van der Waals surface area contributed by atoms with Gasteiger partial charge in [-0.25, -0.2) is 0 Å². The fourth-order valence-corrected chi connectivity index (χ4v) is 10.5. The summed E-state index contributed by atoms with van der Waals surface area (Å²) in [5, 5.41) is 4.96. The highest BCUT2D eigenvalue weighted by Gasteiger charge is 2.42. The van der Waals surface area contributed by atoms with Crippen molar-refractivity contribution in [3.8, 4) is 55.8 Å². The summed E-state index contributed by atoms with van der Waals surface area (Å²) in [4.78, 5) is 4.87. The second-order valence-corrected chi connectivity index (χ2v) is 15.5. The Morgan fingerprint density at radius 2 is 0.852 bits per heavy atom. The number of nitrogens with zero attached hydrogens (tertiary/aromatic N) is 1. The van der Waals surface area contributed by atoms with E-state index in [-0.39, 0.29) is 10.8 Å². The van der Waals surface area contributed by atoms with Gasteiger partial charge >= 0.3 is 0 Å². The van der Waals surface area contributed by atoms with Crippen LogP contribution in [0.5, 0.6) is 0 Å². The highest BCUT2D eigenvalue weighted by atomic mass is 14.7. The number of hydrogen-bond donors (Lipinski definition) is 0. The summed E-state index contributed by atoms with van der Waals surface area (Å²) in [6.45, 7) is 9.47. The van der Waals surface area contributed by atoms with Gasteiger partial charge in [0.2, 0.25) is 0 Å². The molecule has 8 aromatic rings. The molecule has 0 spiro atoms. The lowest BCUT2D eigenvalue weighted by Crippen LogP contribution is -2.23. The van der Waals surface area contributed by atoms with Crippen molar-refractivity contribution in [3.05, 3.63) is 174 Å². The van der Waals surface area contributed by atoms with Crippen LogP contribution in [0.25, 0.3) is 77.3 Å². The first kappa shape index (κ1) is 32.8. The van der Waals surface area contributed by atoms with Crippen molar-refractivity contribution in [2.45, 2.75) is 64.2 Å². The topological polar surface area (TPSA) is 12.9 Å². The zero-order valence-corrected chi connectivity index (χ0v) is 31.7. The van der Waals surface area contributed by atoms with Crippen LogP contribution in [0.15, 0.2) is 152 Å². The normalized spacial score (nSPS) is 14.5. The van der Waals surface area contributed by atoms with Gasteiger partial charge in [0.1, 0.15) is 0 Å². The quantitative estimate of drug-likeness (QED) is 0.151. The van der Waals surface area contributed by atoms with Gasteiger partial charge in [-0.05, 0) is 133 Å². The van der Waals surface area contributed by atoms with E-state index in [2.05, 4.69) is 173 Å². The molecule has 0 saturated carbocycles. The van der Waals surface area contributed by atoms with Crippen LogP contribution in [0.4, 0.5) is 0 Å². The molecule has 2 aliphatic rings. The van der Waals surface area contributed by atoms with Crippen molar-refractivity contribution in [2.24, 2.45) is 0 Å². The van der Waals surface area contributed by atoms with Crippen molar-refractivity contribution in [3.63, 3.8) is 0 Å². The van der Waals surface area contributed by atoms with Gasteiger partial charge in [-0.2, -0.15) is 0 Å². The van der Waals surface area contributed by atoms with Gasteiger partial charge < -0.3 is 0 Å². The molecule has 0 unspecified atom stereocenters. The van der Waals surface area contributed by atoms with Crippen LogP contribution in [0.3, 0.4) is 0 Å². The number of aromatic nitrogens is 1. The molecule has 0 atom stereocenters. The molecule has 0 aliphatic heterocycles.